The number of hydrogen-bond acceptors (Lipinski definition) is 3. The van der Waals surface area contributed by atoms with Crippen molar-refractivity contribution in [2.24, 2.45) is 0 Å². The molecule has 2 unspecified atom stereocenters. The summed E-state index contributed by atoms with van der Waals surface area (Å²) >= 11 is 5.44. The Labute approximate surface area is 96.6 Å². The fourth-order valence-corrected chi connectivity index (χ4v) is 3.24. The second-order valence-electron chi connectivity index (χ2n) is 3.76. The molecule has 0 spiro atoms. The minimum Gasteiger partial charge on any atom is -0.383 e. The van der Waals surface area contributed by atoms with Crippen molar-refractivity contribution in [2.45, 2.75) is 31.6 Å². The van der Waals surface area contributed by atoms with Crippen LogP contribution in [0.2, 0.25) is 0 Å². The molecule has 1 fully saturated rings. The normalized spacial score (nSPS) is 27.1. The van der Waals surface area contributed by atoms with Crippen LogP contribution in [0.15, 0.2) is 4.47 Å². The minimum absolute atomic E-state index is 0.472. The molecular weight excluding hydrogens is 262 g/mol. The minimum atomic E-state index is 0.472. The summed E-state index contributed by atoms with van der Waals surface area (Å²) in [5, 5.41) is 5.18. The highest BCUT2D eigenvalue weighted by molar-refractivity contribution is 9.10. The molecule has 0 saturated carbocycles. The molecule has 2 N–H and O–H groups in total. The molecule has 0 bridgehead atoms. The highest BCUT2D eigenvalue weighted by Gasteiger charge is 2.26. The molecule has 2 rings (SSSR count). The van der Waals surface area contributed by atoms with Crippen LogP contribution in [-0.4, -0.2) is 20.8 Å². The van der Waals surface area contributed by atoms with Crippen LogP contribution >= 0.6 is 27.7 Å². The Morgan fingerprint density at radius 2 is 2.36 bits per heavy atom. The number of nitrogen functional groups attached to an aromatic ring is 1. The molecule has 1 aromatic heterocycles. The number of nitrogens with zero attached hydrogens (tertiary/aromatic N) is 2. The number of aromatic nitrogens is 2. The third kappa shape index (κ3) is 1.67. The molecule has 1 saturated heterocycles. The Kier molecular flexibility index (Phi) is 2.79. The molecular formula is C9H14BrN3S. The Hall–Kier alpha value is -0.160. The Morgan fingerprint density at radius 1 is 1.64 bits per heavy atom. The zero-order valence-electron chi connectivity index (χ0n) is 8.33. The van der Waals surface area contributed by atoms with Gasteiger partial charge >= 0.3 is 0 Å². The highest BCUT2D eigenvalue weighted by atomic mass is 79.9. The van der Waals surface area contributed by atoms with Gasteiger partial charge in [0.05, 0.1) is 16.2 Å². The van der Waals surface area contributed by atoms with Crippen molar-refractivity contribution < 1.29 is 0 Å². The standard InChI is InChI=1S/C9H14BrN3S/c1-5-3-7(4-14-5)13-9(11)8(10)6(2)12-13/h5,7H,3-4,11H2,1-2H3. The van der Waals surface area contributed by atoms with Gasteiger partial charge in [0.25, 0.3) is 0 Å². The van der Waals surface area contributed by atoms with Gasteiger partial charge in [-0.15, -0.1) is 0 Å². The van der Waals surface area contributed by atoms with Gasteiger partial charge in [-0.3, -0.25) is 0 Å². The van der Waals surface area contributed by atoms with E-state index < -0.39 is 0 Å². The molecule has 14 heavy (non-hydrogen) atoms. The van der Waals surface area contributed by atoms with Crippen molar-refractivity contribution in [2.75, 3.05) is 11.5 Å². The first-order chi connectivity index (χ1) is 6.59. The number of nitrogens with two attached hydrogens (primary N) is 1. The van der Waals surface area contributed by atoms with Crippen molar-refractivity contribution in [1.29, 1.82) is 0 Å². The van der Waals surface area contributed by atoms with Crippen LogP contribution in [0.5, 0.6) is 0 Å². The number of halogens is 1. The summed E-state index contributed by atoms with van der Waals surface area (Å²) in [5.74, 6) is 1.89. The first-order valence-electron chi connectivity index (χ1n) is 4.71. The van der Waals surface area contributed by atoms with Crippen LogP contribution in [0.1, 0.15) is 25.1 Å². The highest BCUT2D eigenvalue weighted by Crippen LogP contribution is 2.37. The Bertz CT molecular complexity index is 350. The number of aryl methyl sites for hydroxylation is 1. The molecule has 78 valence electrons. The average Bonchev–Trinajstić information content (AvgIpc) is 2.66. The lowest BCUT2D eigenvalue weighted by Crippen LogP contribution is -2.13. The van der Waals surface area contributed by atoms with Crippen LogP contribution in [0.25, 0.3) is 0 Å². The molecule has 1 aromatic rings. The molecule has 2 atom stereocenters. The van der Waals surface area contributed by atoms with Crippen LogP contribution < -0.4 is 5.73 Å². The molecule has 5 heteroatoms. The number of rotatable bonds is 1. The summed E-state index contributed by atoms with van der Waals surface area (Å²) < 4.78 is 2.91. The van der Waals surface area contributed by atoms with E-state index in [1.807, 2.05) is 23.4 Å². The topological polar surface area (TPSA) is 43.8 Å². The molecule has 0 aromatic carbocycles. The summed E-state index contributed by atoms with van der Waals surface area (Å²) in [4.78, 5) is 0. The lowest BCUT2D eigenvalue weighted by Gasteiger charge is -2.11. The van der Waals surface area contributed by atoms with Gasteiger partial charge in [0.15, 0.2) is 0 Å². The van der Waals surface area contributed by atoms with Crippen LogP contribution in [0.3, 0.4) is 0 Å². The number of hydrogen-bond donors (Lipinski definition) is 1. The van der Waals surface area contributed by atoms with Crippen molar-refractivity contribution in [3.8, 4) is 0 Å². The maximum absolute atomic E-state index is 5.97. The summed E-state index contributed by atoms with van der Waals surface area (Å²) in [7, 11) is 0. The summed E-state index contributed by atoms with van der Waals surface area (Å²) in [6.07, 6.45) is 1.17. The van der Waals surface area contributed by atoms with Gasteiger partial charge in [-0.05, 0) is 29.3 Å². The van der Waals surface area contributed by atoms with E-state index in [1.54, 1.807) is 0 Å². The van der Waals surface area contributed by atoms with Gasteiger partial charge in [0.2, 0.25) is 0 Å². The van der Waals surface area contributed by atoms with E-state index in [4.69, 9.17) is 5.73 Å². The summed E-state index contributed by atoms with van der Waals surface area (Å²) in [6, 6.07) is 0.472. The lowest BCUT2D eigenvalue weighted by molar-refractivity contribution is 0.488. The van der Waals surface area contributed by atoms with E-state index in [0.717, 1.165) is 27.0 Å². The summed E-state index contributed by atoms with van der Waals surface area (Å²) in [6.45, 7) is 4.23. The second kappa shape index (κ2) is 3.77. The summed E-state index contributed by atoms with van der Waals surface area (Å²) in [5.41, 5.74) is 6.95. The van der Waals surface area contributed by atoms with E-state index in [2.05, 4.69) is 28.0 Å². The molecule has 2 heterocycles. The smallest absolute Gasteiger partial charge is 0.136 e. The van der Waals surface area contributed by atoms with E-state index in [-0.39, 0.29) is 0 Å². The van der Waals surface area contributed by atoms with Gasteiger partial charge in [0, 0.05) is 11.0 Å². The van der Waals surface area contributed by atoms with Crippen LogP contribution in [0, 0.1) is 6.92 Å². The fourth-order valence-electron chi connectivity index (χ4n) is 1.79. The third-order valence-corrected chi connectivity index (χ3v) is 4.89. The second-order valence-corrected chi connectivity index (χ2v) is 6.03. The molecule has 0 aliphatic carbocycles. The number of anilines is 1. The molecule has 0 amide bonds. The molecule has 3 nitrogen and oxygen atoms in total. The van der Waals surface area contributed by atoms with Gasteiger partial charge < -0.3 is 5.73 Å². The maximum Gasteiger partial charge on any atom is 0.136 e. The van der Waals surface area contributed by atoms with Crippen molar-refractivity contribution in [3.63, 3.8) is 0 Å². The molecule has 1 aliphatic rings. The predicted molar refractivity (Wildman–Crippen MR) is 64.7 cm³/mol. The largest absolute Gasteiger partial charge is 0.383 e. The van der Waals surface area contributed by atoms with Gasteiger partial charge in [-0.1, -0.05) is 6.92 Å². The monoisotopic (exact) mass is 275 g/mol. The number of thioether (sulfide) groups is 1. The van der Waals surface area contributed by atoms with Crippen LogP contribution in [0.4, 0.5) is 5.82 Å². The zero-order chi connectivity index (χ0) is 10.3. The van der Waals surface area contributed by atoms with Gasteiger partial charge in [0.1, 0.15) is 5.82 Å². The van der Waals surface area contributed by atoms with Gasteiger partial charge in [-0.2, -0.15) is 16.9 Å². The molecule has 0 radical (unpaired) electrons. The van der Waals surface area contributed by atoms with Crippen LogP contribution in [-0.2, 0) is 0 Å². The fraction of sp³-hybridized carbons (Fsp3) is 0.667. The lowest BCUT2D eigenvalue weighted by atomic mass is 10.2. The van der Waals surface area contributed by atoms with Gasteiger partial charge in [-0.25, -0.2) is 4.68 Å². The average molecular weight is 276 g/mol. The Morgan fingerprint density at radius 3 is 2.79 bits per heavy atom. The Balaban J connectivity index is 2.28. The van der Waals surface area contributed by atoms with E-state index in [0.29, 0.717) is 6.04 Å². The van der Waals surface area contributed by atoms with Crippen molar-refractivity contribution in [1.82, 2.24) is 9.78 Å². The van der Waals surface area contributed by atoms with E-state index in [1.165, 1.54) is 6.42 Å². The van der Waals surface area contributed by atoms with Crippen molar-refractivity contribution >= 4 is 33.5 Å². The third-order valence-electron chi connectivity index (χ3n) is 2.57. The van der Waals surface area contributed by atoms with E-state index in [9.17, 15) is 0 Å². The first kappa shape index (κ1) is 10.4. The van der Waals surface area contributed by atoms with E-state index >= 15 is 0 Å². The first-order valence-corrected chi connectivity index (χ1v) is 6.55. The molecule has 1 aliphatic heterocycles. The van der Waals surface area contributed by atoms with Crippen molar-refractivity contribution in [3.05, 3.63) is 10.2 Å². The SMILES string of the molecule is Cc1nn(C2CSC(C)C2)c(N)c1Br. The maximum atomic E-state index is 5.97. The zero-order valence-corrected chi connectivity index (χ0v) is 10.7. The predicted octanol–water partition coefficient (Wildman–Crippen LogP) is 2.60. The quantitative estimate of drug-likeness (QED) is 0.857.